The second kappa shape index (κ2) is 10.1. The van der Waals surface area contributed by atoms with Crippen molar-refractivity contribution in [2.75, 3.05) is 38.7 Å². The minimum atomic E-state index is -0.189. The van der Waals surface area contributed by atoms with Gasteiger partial charge < -0.3 is 14.8 Å². The summed E-state index contributed by atoms with van der Waals surface area (Å²) >= 11 is 0. The summed E-state index contributed by atoms with van der Waals surface area (Å²) in [4.78, 5) is 15.2. The van der Waals surface area contributed by atoms with Crippen molar-refractivity contribution in [1.82, 2.24) is 15.1 Å². The standard InChI is InChI=1S/C24H28N4O3/c1-30-22-17-25-27-23(22)20-7-3-4-8-21(20)26-24(29)18-9-11-19(12-10-18)31-16-15-28-13-5-2-6-14-28/h3-4,7-12,17H,2,5-6,13-16H2,1H3,(H,25,27)(H,26,29). The molecule has 2 aromatic carbocycles. The van der Waals surface area contributed by atoms with E-state index < -0.39 is 0 Å². The average molecular weight is 421 g/mol. The van der Waals surface area contributed by atoms with E-state index in [2.05, 4.69) is 20.4 Å². The van der Waals surface area contributed by atoms with E-state index in [0.29, 0.717) is 23.6 Å². The van der Waals surface area contributed by atoms with Crippen LogP contribution >= 0.6 is 0 Å². The van der Waals surface area contributed by atoms with Gasteiger partial charge in [0, 0.05) is 17.7 Å². The lowest BCUT2D eigenvalue weighted by molar-refractivity contribution is 0.102. The summed E-state index contributed by atoms with van der Waals surface area (Å²) in [6.07, 6.45) is 5.50. The van der Waals surface area contributed by atoms with Gasteiger partial charge in [0.25, 0.3) is 5.91 Å². The maximum Gasteiger partial charge on any atom is 0.255 e. The molecular weight excluding hydrogens is 392 g/mol. The van der Waals surface area contributed by atoms with Gasteiger partial charge in [-0.3, -0.25) is 14.8 Å². The van der Waals surface area contributed by atoms with E-state index in [0.717, 1.165) is 36.6 Å². The van der Waals surface area contributed by atoms with Gasteiger partial charge >= 0.3 is 0 Å². The molecule has 1 aromatic heterocycles. The molecule has 1 saturated heterocycles. The van der Waals surface area contributed by atoms with E-state index >= 15 is 0 Å². The number of hydrogen-bond donors (Lipinski definition) is 2. The summed E-state index contributed by atoms with van der Waals surface area (Å²) in [5, 5.41) is 9.95. The summed E-state index contributed by atoms with van der Waals surface area (Å²) < 4.78 is 11.2. The lowest BCUT2D eigenvalue weighted by atomic mass is 10.1. The quantitative estimate of drug-likeness (QED) is 0.571. The van der Waals surface area contributed by atoms with Gasteiger partial charge in [-0.05, 0) is 56.3 Å². The zero-order valence-corrected chi connectivity index (χ0v) is 17.8. The zero-order chi connectivity index (χ0) is 21.5. The summed E-state index contributed by atoms with van der Waals surface area (Å²) in [6.45, 7) is 3.92. The van der Waals surface area contributed by atoms with Crippen LogP contribution in [0.1, 0.15) is 29.6 Å². The third kappa shape index (κ3) is 5.24. The summed E-state index contributed by atoms with van der Waals surface area (Å²) in [6, 6.07) is 14.8. The fourth-order valence-corrected chi connectivity index (χ4v) is 3.81. The summed E-state index contributed by atoms with van der Waals surface area (Å²) in [5.41, 5.74) is 2.77. The minimum absolute atomic E-state index is 0.189. The first-order valence-corrected chi connectivity index (χ1v) is 10.7. The van der Waals surface area contributed by atoms with E-state index in [-0.39, 0.29) is 5.91 Å². The number of methoxy groups -OCH3 is 1. The number of H-pyrrole nitrogens is 1. The molecule has 162 valence electrons. The molecule has 4 rings (SSSR count). The number of aromatic nitrogens is 2. The minimum Gasteiger partial charge on any atom is -0.493 e. The van der Waals surface area contributed by atoms with Crippen molar-refractivity contribution in [1.29, 1.82) is 0 Å². The van der Waals surface area contributed by atoms with Crippen molar-refractivity contribution in [3.05, 3.63) is 60.3 Å². The van der Waals surface area contributed by atoms with Crippen LogP contribution in [0.4, 0.5) is 5.69 Å². The van der Waals surface area contributed by atoms with E-state index in [4.69, 9.17) is 9.47 Å². The number of aromatic amines is 1. The zero-order valence-electron chi connectivity index (χ0n) is 17.8. The molecule has 0 saturated carbocycles. The number of nitrogens with one attached hydrogen (secondary N) is 2. The molecular formula is C24H28N4O3. The van der Waals surface area contributed by atoms with Gasteiger partial charge in [0.1, 0.15) is 18.1 Å². The molecule has 1 fully saturated rings. The first-order chi connectivity index (χ1) is 15.2. The molecule has 0 unspecified atom stereocenters. The Labute approximate surface area is 182 Å². The van der Waals surface area contributed by atoms with Crippen molar-refractivity contribution in [3.63, 3.8) is 0 Å². The number of benzene rings is 2. The normalized spacial score (nSPS) is 14.2. The van der Waals surface area contributed by atoms with Crippen molar-refractivity contribution >= 4 is 11.6 Å². The number of rotatable bonds is 8. The number of carbonyl (C=O) groups is 1. The molecule has 1 aliphatic heterocycles. The Morgan fingerprint density at radius 2 is 1.87 bits per heavy atom. The number of hydrogen-bond acceptors (Lipinski definition) is 5. The molecule has 0 radical (unpaired) electrons. The number of likely N-dealkylation sites (tertiary alicyclic amines) is 1. The van der Waals surface area contributed by atoms with Crippen LogP contribution < -0.4 is 14.8 Å². The molecule has 31 heavy (non-hydrogen) atoms. The SMILES string of the molecule is COc1cn[nH]c1-c1ccccc1NC(=O)c1ccc(OCCN2CCCCC2)cc1. The van der Waals surface area contributed by atoms with Crippen molar-refractivity contribution in [2.45, 2.75) is 19.3 Å². The Morgan fingerprint density at radius 1 is 1.10 bits per heavy atom. The molecule has 1 aliphatic rings. The largest absolute Gasteiger partial charge is 0.493 e. The van der Waals surface area contributed by atoms with Crippen molar-refractivity contribution in [3.8, 4) is 22.8 Å². The van der Waals surface area contributed by atoms with E-state index in [1.54, 1.807) is 25.4 Å². The Hall–Kier alpha value is -3.32. The Bertz CT molecular complexity index is 994. The van der Waals surface area contributed by atoms with Gasteiger partial charge in [-0.2, -0.15) is 5.10 Å². The Balaban J connectivity index is 1.37. The highest BCUT2D eigenvalue weighted by molar-refractivity contribution is 6.06. The topological polar surface area (TPSA) is 79.5 Å². The molecule has 2 heterocycles. The van der Waals surface area contributed by atoms with Crippen LogP contribution in [0.2, 0.25) is 0 Å². The Kier molecular flexibility index (Phi) is 6.84. The highest BCUT2D eigenvalue weighted by Crippen LogP contribution is 2.33. The van der Waals surface area contributed by atoms with Gasteiger partial charge in [0.05, 0.1) is 19.0 Å². The summed E-state index contributed by atoms with van der Waals surface area (Å²) in [5.74, 6) is 1.20. The number of carbonyl (C=O) groups excluding carboxylic acids is 1. The first-order valence-electron chi connectivity index (χ1n) is 10.7. The number of piperidine rings is 1. The first kappa shape index (κ1) is 20.9. The van der Waals surface area contributed by atoms with Crippen LogP contribution in [0.25, 0.3) is 11.3 Å². The van der Waals surface area contributed by atoms with E-state index in [1.165, 1.54) is 19.3 Å². The Morgan fingerprint density at radius 3 is 2.65 bits per heavy atom. The molecule has 7 heteroatoms. The highest BCUT2D eigenvalue weighted by Gasteiger charge is 2.15. The van der Waals surface area contributed by atoms with Gasteiger partial charge in [-0.1, -0.05) is 24.6 Å². The molecule has 0 spiro atoms. The molecule has 3 aromatic rings. The predicted octanol–water partition coefficient (Wildman–Crippen LogP) is 4.20. The van der Waals surface area contributed by atoms with Crippen LogP contribution in [-0.2, 0) is 0 Å². The van der Waals surface area contributed by atoms with Crippen molar-refractivity contribution in [2.24, 2.45) is 0 Å². The maximum atomic E-state index is 12.8. The maximum absolute atomic E-state index is 12.8. The lowest BCUT2D eigenvalue weighted by Crippen LogP contribution is -2.33. The summed E-state index contributed by atoms with van der Waals surface area (Å²) in [7, 11) is 1.59. The third-order valence-corrected chi connectivity index (χ3v) is 5.51. The second-order valence-electron chi connectivity index (χ2n) is 7.59. The van der Waals surface area contributed by atoms with Crippen LogP contribution in [0.5, 0.6) is 11.5 Å². The average Bonchev–Trinajstić information content (AvgIpc) is 3.29. The smallest absolute Gasteiger partial charge is 0.255 e. The fraction of sp³-hybridized carbons (Fsp3) is 0.333. The molecule has 0 atom stereocenters. The van der Waals surface area contributed by atoms with E-state index in [1.807, 2.05) is 36.4 Å². The number of para-hydroxylation sites is 1. The molecule has 0 bridgehead atoms. The van der Waals surface area contributed by atoms with Crippen LogP contribution in [-0.4, -0.2) is 54.4 Å². The van der Waals surface area contributed by atoms with Crippen LogP contribution in [0, 0.1) is 0 Å². The van der Waals surface area contributed by atoms with Gasteiger partial charge in [-0.15, -0.1) is 0 Å². The molecule has 1 amide bonds. The number of nitrogens with zero attached hydrogens (tertiary/aromatic N) is 2. The van der Waals surface area contributed by atoms with E-state index in [9.17, 15) is 4.79 Å². The third-order valence-electron chi connectivity index (χ3n) is 5.51. The predicted molar refractivity (Wildman–Crippen MR) is 121 cm³/mol. The molecule has 7 nitrogen and oxygen atoms in total. The highest BCUT2D eigenvalue weighted by atomic mass is 16.5. The fourth-order valence-electron chi connectivity index (χ4n) is 3.81. The lowest BCUT2D eigenvalue weighted by Gasteiger charge is -2.26. The molecule has 0 aliphatic carbocycles. The van der Waals surface area contributed by atoms with Crippen molar-refractivity contribution < 1.29 is 14.3 Å². The van der Waals surface area contributed by atoms with Gasteiger partial charge in [0.15, 0.2) is 5.75 Å². The second-order valence-corrected chi connectivity index (χ2v) is 7.59. The van der Waals surface area contributed by atoms with Gasteiger partial charge in [-0.25, -0.2) is 0 Å². The number of ether oxygens (including phenoxy) is 2. The van der Waals surface area contributed by atoms with Gasteiger partial charge in [0.2, 0.25) is 0 Å². The van der Waals surface area contributed by atoms with Crippen LogP contribution in [0.3, 0.4) is 0 Å². The van der Waals surface area contributed by atoms with Crippen LogP contribution in [0.15, 0.2) is 54.7 Å². The monoisotopic (exact) mass is 420 g/mol. The number of amides is 1. The number of anilines is 1. The molecule has 2 N–H and O–H groups in total.